The average Bonchev–Trinajstić information content (AvgIpc) is 2.60. The Morgan fingerprint density at radius 2 is 1.70 bits per heavy atom. The van der Waals surface area contributed by atoms with Crippen LogP contribution in [0.2, 0.25) is 0 Å². The molecule has 0 saturated heterocycles. The van der Waals surface area contributed by atoms with Crippen molar-refractivity contribution in [2.45, 2.75) is 19.9 Å². The van der Waals surface area contributed by atoms with Gasteiger partial charge in [-0.25, -0.2) is 0 Å². The fourth-order valence-electron chi connectivity index (χ4n) is 2.71. The van der Waals surface area contributed by atoms with Crippen LogP contribution in [0.3, 0.4) is 0 Å². The van der Waals surface area contributed by atoms with Crippen LogP contribution in [-0.2, 0) is 0 Å². The summed E-state index contributed by atoms with van der Waals surface area (Å²) in [7, 11) is 0. The molecule has 23 heavy (non-hydrogen) atoms. The Morgan fingerprint density at radius 1 is 0.957 bits per heavy atom. The van der Waals surface area contributed by atoms with Gasteiger partial charge in [0, 0.05) is 6.21 Å². The molecule has 0 saturated carbocycles. The first-order valence-electron chi connectivity index (χ1n) is 8.01. The molecular weight excluding hydrogens is 282 g/mol. The van der Waals surface area contributed by atoms with Crippen LogP contribution in [0, 0.1) is 0 Å². The molecule has 2 nitrogen and oxygen atoms in total. The van der Waals surface area contributed by atoms with E-state index in [4.69, 9.17) is 9.73 Å². The van der Waals surface area contributed by atoms with Crippen molar-refractivity contribution in [1.82, 2.24) is 0 Å². The SMILES string of the molecule is CCOc1ccc(C=N[C@H](C)c2cccc3ccccc23)cc1. The highest BCUT2D eigenvalue weighted by Gasteiger charge is 2.06. The number of fused-ring (bicyclic) bond motifs is 1. The summed E-state index contributed by atoms with van der Waals surface area (Å²) in [5, 5.41) is 2.53. The molecule has 1 atom stereocenters. The second-order valence-electron chi connectivity index (χ2n) is 5.52. The van der Waals surface area contributed by atoms with E-state index in [1.54, 1.807) is 0 Å². The van der Waals surface area contributed by atoms with Gasteiger partial charge < -0.3 is 4.74 Å². The number of hydrogen-bond acceptors (Lipinski definition) is 2. The topological polar surface area (TPSA) is 21.6 Å². The van der Waals surface area contributed by atoms with Crippen LogP contribution in [-0.4, -0.2) is 12.8 Å². The monoisotopic (exact) mass is 303 g/mol. The minimum absolute atomic E-state index is 0.118. The van der Waals surface area contributed by atoms with Gasteiger partial charge >= 0.3 is 0 Å². The van der Waals surface area contributed by atoms with Gasteiger partial charge in [0.1, 0.15) is 5.75 Å². The van der Waals surface area contributed by atoms with E-state index >= 15 is 0 Å². The van der Waals surface area contributed by atoms with Gasteiger partial charge in [-0.15, -0.1) is 0 Å². The van der Waals surface area contributed by atoms with Crippen LogP contribution in [0.4, 0.5) is 0 Å². The Kier molecular flexibility index (Phi) is 4.72. The molecule has 0 aromatic heterocycles. The van der Waals surface area contributed by atoms with Crippen molar-refractivity contribution in [3.8, 4) is 5.75 Å². The maximum absolute atomic E-state index is 5.46. The fourth-order valence-corrected chi connectivity index (χ4v) is 2.71. The standard InChI is InChI=1S/C21H21NO/c1-3-23-19-13-11-17(12-14-19)15-22-16(2)20-10-6-8-18-7-4-5-9-21(18)20/h4-16H,3H2,1-2H3/t16-/m1/s1. The smallest absolute Gasteiger partial charge is 0.119 e. The van der Waals surface area contributed by atoms with E-state index < -0.39 is 0 Å². The van der Waals surface area contributed by atoms with E-state index in [1.165, 1.54) is 16.3 Å². The van der Waals surface area contributed by atoms with Gasteiger partial charge in [-0.2, -0.15) is 0 Å². The molecule has 3 aromatic rings. The third-order valence-corrected chi connectivity index (χ3v) is 3.91. The zero-order chi connectivity index (χ0) is 16.1. The highest BCUT2D eigenvalue weighted by molar-refractivity contribution is 5.86. The van der Waals surface area contributed by atoms with E-state index in [0.29, 0.717) is 6.61 Å². The predicted molar refractivity (Wildman–Crippen MR) is 97.6 cm³/mol. The summed E-state index contributed by atoms with van der Waals surface area (Å²) >= 11 is 0. The molecule has 0 bridgehead atoms. The van der Waals surface area contributed by atoms with Crippen molar-refractivity contribution in [2.24, 2.45) is 4.99 Å². The molecule has 0 aliphatic rings. The molecule has 2 heteroatoms. The molecular formula is C21H21NO. The highest BCUT2D eigenvalue weighted by atomic mass is 16.5. The number of nitrogens with zero attached hydrogens (tertiary/aromatic N) is 1. The Morgan fingerprint density at radius 3 is 2.48 bits per heavy atom. The van der Waals surface area contributed by atoms with Crippen molar-refractivity contribution >= 4 is 17.0 Å². The maximum Gasteiger partial charge on any atom is 0.119 e. The second-order valence-corrected chi connectivity index (χ2v) is 5.52. The lowest BCUT2D eigenvalue weighted by molar-refractivity contribution is 0.340. The molecule has 0 aliphatic carbocycles. The predicted octanol–water partition coefficient (Wildman–Crippen LogP) is 5.42. The van der Waals surface area contributed by atoms with Gasteiger partial charge in [-0.3, -0.25) is 4.99 Å². The molecule has 0 amide bonds. The molecule has 0 aliphatic heterocycles. The van der Waals surface area contributed by atoms with Gasteiger partial charge in [-0.05, 0) is 60.0 Å². The quantitative estimate of drug-likeness (QED) is 0.577. The average molecular weight is 303 g/mol. The largest absolute Gasteiger partial charge is 0.494 e. The van der Waals surface area contributed by atoms with Crippen molar-refractivity contribution in [3.63, 3.8) is 0 Å². The van der Waals surface area contributed by atoms with Gasteiger partial charge in [0.15, 0.2) is 0 Å². The Hall–Kier alpha value is -2.61. The minimum Gasteiger partial charge on any atom is -0.494 e. The summed E-state index contributed by atoms with van der Waals surface area (Å²) in [5.41, 5.74) is 2.34. The van der Waals surface area contributed by atoms with E-state index in [0.717, 1.165) is 11.3 Å². The van der Waals surface area contributed by atoms with Crippen molar-refractivity contribution < 1.29 is 4.74 Å². The molecule has 0 N–H and O–H groups in total. The summed E-state index contributed by atoms with van der Waals surface area (Å²) in [6.07, 6.45) is 1.93. The maximum atomic E-state index is 5.46. The van der Waals surface area contributed by atoms with Crippen LogP contribution < -0.4 is 4.74 Å². The van der Waals surface area contributed by atoms with Crippen molar-refractivity contribution in [2.75, 3.05) is 6.61 Å². The van der Waals surface area contributed by atoms with E-state index in [9.17, 15) is 0 Å². The molecule has 0 heterocycles. The second kappa shape index (κ2) is 7.10. The Labute approximate surface area is 137 Å². The van der Waals surface area contributed by atoms with Gasteiger partial charge in [0.25, 0.3) is 0 Å². The third-order valence-electron chi connectivity index (χ3n) is 3.91. The van der Waals surface area contributed by atoms with Crippen LogP contribution in [0.5, 0.6) is 5.75 Å². The number of ether oxygens (including phenoxy) is 1. The van der Waals surface area contributed by atoms with E-state index in [2.05, 4.69) is 49.4 Å². The molecule has 0 fully saturated rings. The van der Waals surface area contributed by atoms with Crippen LogP contribution in [0.1, 0.15) is 31.0 Å². The lowest BCUT2D eigenvalue weighted by Crippen LogP contribution is -1.94. The normalized spacial score (nSPS) is 12.6. The third kappa shape index (κ3) is 3.59. The lowest BCUT2D eigenvalue weighted by Gasteiger charge is -2.10. The Bertz CT molecular complexity index is 800. The minimum atomic E-state index is 0.118. The summed E-state index contributed by atoms with van der Waals surface area (Å²) < 4.78 is 5.46. The first kappa shape index (κ1) is 15.3. The lowest BCUT2D eigenvalue weighted by atomic mass is 10.00. The molecule has 3 aromatic carbocycles. The molecule has 0 unspecified atom stereocenters. The summed E-state index contributed by atoms with van der Waals surface area (Å²) in [6.45, 7) is 4.81. The molecule has 3 rings (SSSR count). The van der Waals surface area contributed by atoms with Gasteiger partial charge in [0.05, 0.1) is 12.6 Å². The molecule has 0 radical (unpaired) electrons. The van der Waals surface area contributed by atoms with Gasteiger partial charge in [0.2, 0.25) is 0 Å². The first-order chi connectivity index (χ1) is 11.3. The fraction of sp³-hybridized carbons (Fsp3) is 0.190. The van der Waals surface area contributed by atoms with Gasteiger partial charge in [-0.1, -0.05) is 42.5 Å². The summed E-state index contributed by atoms with van der Waals surface area (Å²) in [4.78, 5) is 4.72. The first-order valence-corrected chi connectivity index (χ1v) is 8.01. The van der Waals surface area contributed by atoms with Crippen molar-refractivity contribution in [3.05, 3.63) is 77.9 Å². The number of hydrogen-bond donors (Lipinski definition) is 0. The van der Waals surface area contributed by atoms with Crippen LogP contribution >= 0.6 is 0 Å². The summed E-state index contributed by atoms with van der Waals surface area (Å²) in [5.74, 6) is 0.895. The van der Waals surface area contributed by atoms with E-state index in [1.807, 2.05) is 37.4 Å². The zero-order valence-corrected chi connectivity index (χ0v) is 13.6. The zero-order valence-electron chi connectivity index (χ0n) is 13.6. The van der Waals surface area contributed by atoms with E-state index in [-0.39, 0.29) is 6.04 Å². The van der Waals surface area contributed by atoms with Crippen LogP contribution in [0.25, 0.3) is 10.8 Å². The molecule has 116 valence electrons. The van der Waals surface area contributed by atoms with Crippen molar-refractivity contribution in [1.29, 1.82) is 0 Å². The highest BCUT2D eigenvalue weighted by Crippen LogP contribution is 2.26. The molecule has 0 spiro atoms. The number of rotatable bonds is 5. The van der Waals surface area contributed by atoms with Crippen LogP contribution in [0.15, 0.2) is 71.7 Å². The Balaban J connectivity index is 1.81. The number of aliphatic imine (C=N–C) groups is 1. The number of benzene rings is 3. The summed E-state index contributed by atoms with van der Waals surface area (Å²) in [6, 6.07) is 23.0.